The van der Waals surface area contributed by atoms with Crippen LogP contribution in [0.3, 0.4) is 0 Å². The predicted octanol–water partition coefficient (Wildman–Crippen LogP) is 2.84. The van der Waals surface area contributed by atoms with Crippen LogP contribution in [0.4, 0.5) is 0 Å². The van der Waals surface area contributed by atoms with Crippen molar-refractivity contribution in [3.05, 3.63) is 54.1 Å². The Kier molecular flexibility index (Phi) is 7.65. The Morgan fingerprint density at radius 1 is 1.11 bits per heavy atom. The van der Waals surface area contributed by atoms with Gasteiger partial charge in [0.05, 0.1) is 11.4 Å². The van der Waals surface area contributed by atoms with Crippen LogP contribution in [0, 0.1) is 6.92 Å². The van der Waals surface area contributed by atoms with E-state index < -0.39 is 15.9 Å². The molecular weight excluding hydrogens is 366 g/mol. The van der Waals surface area contributed by atoms with Gasteiger partial charge in [-0.15, -0.1) is 5.06 Å². The molecule has 1 unspecified atom stereocenters. The quantitative estimate of drug-likeness (QED) is 0.626. The molecule has 7 heteroatoms. The summed E-state index contributed by atoms with van der Waals surface area (Å²) in [7, 11) is -3.26. The van der Waals surface area contributed by atoms with E-state index in [1.807, 2.05) is 37.3 Å². The molecule has 1 N–H and O–H groups in total. The Morgan fingerprint density at radius 2 is 1.81 bits per heavy atom. The fourth-order valence-corrected chi connectivity index (χ4v) is 3.62. The molecule has 2 aromatic rings. The number of benzene rings is 2. The van der Waals surface area contributed by atoms with Gasteiger partial charge in [-0.25, -0.2) is 8.42 Å². The number of aryl methyl sites for hydroxylation is 1. The first-order valence-electron chi connectivity index (χ1n) is 8.89. The number of para-hydroxylation sites is 1. The predicted molar refractivity (Wildman–Crippen MR) is 105 cm³/mol. The summed E-state index contributed by atoms with van der Waals surface area (Å²) in [6, 6.07) is 14.2. The normalized spacial score (nSPS) is 12.8. The fourth-order valence-electron chi connectivity index (χ4n) is 2.66. The van der Waals surface area contributed by atoms with Crippen molar-refractivity contribution in [2.75, 3.05) is 26.0 Å². The number of hydrogen-bond acceptors (Lipinski definition) is 6. The standard InChI is InChI=1S/C20H27NO5S/c1-4-12-21(26-18-8-6-5-7-9-18)14-17(22)15-25-19-10-11-20(16(2)13-19)27(3,23)24/h5-11,13,17,22H,4,12,14-15H2,1-3H3. The van der Waals surface area contributed by atoms with Crippen molar-refractivity contribution in [2.24, 2.45) is 0 Å². The lowest BCUT2D eigenvalue weighted by molar-refractivity contribution is -0.0896. The fraction of sp³-hybridized carbons (Fsp3) is 0.400. The monoisotopic (exact) mass is 393 g/mol. The number of ether oxygens (including phenoxy) is 1. The summed E-state index contributed by atoms with van der Waals surface area (Å²) in [6.45, 7) is 4.81. The number of nitrogens with zero attached hydrogens (tertiary/aromatic N) is 1. The summed E-state index contributed by atoms with van der Waals surface area (Å²) in [6.07, 6.45) is 1.30. The van der Waals surface area contributed by atoms with Gasteiger partial charge in [-0.2, -0.15) is 0 Å². The molecule has 6 nitrogen and oxygen atoms in total. The van der Waals surface area contributed by atoms with Gasteiger partial charge < -0.3 is 14.7 Å². The number of rotatable bonds is 10. The van der Waals surface area contributed by atoms with E-state index in [-0.39, 0.29) is 11.5 Å². The molecule has 0 aliphatic rings. The highest BCUT2D eigenvalue weighted by Gasteiger charge is 2.15. The number of sulfone groups is 1. The van der Waals surface area contributed by atoms with Crippen LogP contribution in [0.5, 0.6) is 11.5 Å². The SMILES string of the molecule is CCCN(CC(O)COc1ccc(S(C)(=O)=O)c(C)c1)Oc1ccccc1. The van der Waals surface area contributed by atoms with Crippen LogP contribution in [-0.4, -0.2) is 50.6 Å². The molecule has 0 aliphatic carbocycles. The van der Waals surface area contributed by atoms with Gasteiger partial charge in [0.15, 0.2) is 9.84 Å². The molecule has 1 atom stereocenters. The average Bonchev–Trinajstić information content (AvgIpc) is 2.60. The highest BCUT2D eigenvalue weighted by molar-refractivity contribution is 7.90. The zero-order valence-electron chi connectivity index (χ0n) is 16.0. The van der Waals surface area contributed by atoms with Crippen LogP contribution in [0.25, 0.3) is 0 Å². The van der Waals surface area contributed by atoms with Crippen molar-refractivity contribution in [3.8, 4) is 11.5 Å². The number of hydrogen-bond donors (Lipinski definition) is 1. The summed E-state index contributed by atoms with van der Waals surface area (Å²) in [5.41, 5.74) is 0.615. The molecule has 2 aromatic carbocycles. The van der Waals surface area contributed by atoms with Gasteiger partial charge in [0.1, 0.15) is 24.2 Å². The minimum Gasteiger partial charge on any atom is -0.491 e. The van der Waals surface area contributed by atoms with E-state index in [9.17, 15) is 13.5 Å². The minimum absolute atomic E-state index is 0.0794. The minimum atomic E-state index is -3.26. The van der Waals surface area contributed by atoms with Gasteiger partial charge in [0.25, 0.3) is 0 Å². The van der Waals surface area contributed by atoms with Gasteiger partial charge in [0.2, 0.25) is 0 Å². The Balaban J connectivity index is 1.92. The van der Waals surface area contributed by atoms with Crippen LogP contribution >= 0.6 is 0 Å². The molecule has 0 bridgehead atoms. The van der Waals surface area contributed by atoms with E-state index in [4.69, 9.17) is 9.57 Å². The van der Waals surface area contributed by atoms with Crippen molar-refractivity contribution in [2.45, 2.75) is 31.3 Å². The topological polar surface area (TPSA) is 76.1 Å². The molecule has 0 saturated carbocycles. The largest absolute Gasteiger partial charge is 0.491 e. The van der Waals surface area contributed by atoms with Crippen LogP contribution < -0.4 is 9.57 Å². The van der Waals surface area contributed by atoms with E-state index in [1.165, 1.54) is 12.3 Å². The van der Waals surface area contributed by atoms with Gasteiger partial charge in [-0.1, -0.05) is 25.1 Å². The van der Waals surface area contributed by atoms with Crippen molar-refractivity contribution < 1.29 is 23.1 Å². The second-order valence-electron chi connectivity index (χ2n) is 6.46. The molecule has 148 valence electrons. The molecule has 0 saturated heterocycles. The molecule has 0 radical (unpaired) electrons. The summed E-state index contributed by atoms with van der Waals surface area (Å²) in [5.74, 6) is 1.23. The van der Waals surface area contributed by atoms with Crippen LogP contribution in [-0.2, 0) is 9.84 Å². The molecule has 0 amide bonds. The lowest BCUT2D eigenvalue weighted by Gasteiger charge is -2.24. The lowest BCUT2D eigenvalue weighted by atomic mass is 10.2. The number of aliphatic hydroxyl groups excluding tert-OH is 1. The average molecular weight is 394 g/mol. The van der Waals surface area contributed by atoms with E-state index >= 15 is 0 Å². The molecule has 0 fully saturated rings. The zero-order chi connectivity index (χ0) is 19.9. The Labute approximate surface area is 161 Å². The third-order valence-corrected chi connectivity index (χ3v) is 5.11. The molecule has 0 spiro atoms. The second kappa shape index (κ2) is 9.73. The summed E-state index contributed by atoms with van der Waals surface area (Å²) < 4.78 is 28.9. The number of hydroxylamine groups is 2. The highest BCUT2D eigenvalue weighted by atomic mass is 32.2. The first-order valence-corrected chi connectivity index (χ1v) is 10.8. The first-order chi connectivity index (χ1) is 12.8. The van der Waals surface area contributed by atoms with E-state index in [0.29, 0.717) is 30.2 Å². The maximum absolute atomic E-state index is 11.7. The van der Waals surface area contributed by atoms with Gasteiger partial charge in [-0.3, -0.25) is 0 Å². The van der Waals surface area contributed by atoms with Gasteiger partial charge in [0, 0.05) is 12.8 Å². The third kappa shape index (κ3) is 6.86. The van der Waals surface area contributed by atoms with Crippen molar-refractivity contribution >= 4 is 9.84 Å². The molecule has 2 rings (SSSR count). The summed E-state index contributed by atoms with van der Waals surface area (Å²) in [5, 5.41) is 12.0. The van der Waals surface area contributed by atoms with Crippen LogP contribution in [0.2, 0.25) is 0 Å². The van der Waals surface area contributed by atoms with E-state index in [0.717, 1.165) is 6.42 Å². The first kappa shape index (κ1) is 21.2. The second-order valence-corrected chi connectivity index (χ2v) is 8.44. The van der Waals surface area contributed by atoms with Crippen molar-refractivity contribution in [1.82, 2.24) is 5.06 Å². The Bertz CT molecular complexity index is 824. The smallest absolute Gasteiger partial charge is 0.175 e. The molecular formula is C20H27NO5S. The van der Waals surface area contributed by atoms with Crippen LogP contribution in [0.1, 0.15) is 18.9 Å². The maximum atomic E-state index is 11.7. The van der Waals surface area contributed by atoms with Gasteiger partial charge >= 0.3 is 0 Å². The van der Waals surface area contributed by atoms with Gasteiger partial charge in [-0.05, 0) is 49.2 Å². The van der Waals surface area contributed by atoms with Crippen molar-refractivity contribution in [3.63, 3.8) is 0 Å². The van der Waals surface area contributed by atoms with E-state index in [1.54, 1.807) is 24.1 Å². The Hall–Kier alpha value is -2.09. The molecule has 0 heterocycles. The summed E-state index contributed by atoms with van der Waals surface area (Å²) in [4.78, 5) is 6.08. The van der Waals surface area contributed by atoms with Crippen LogP contribution in [0.15, 0.2) is 53.4 Å². The zero-order valence-corrected chi connectivity index (χ0v) is 16.8. The van der Waals surface area contributed by atoms with E-state index in [2.05, 4.69) is 0 Å². The highest BCUT2D eigenvalue weighted by Crippen LogP contribution is 2.21. The maximum Gasteiger partial charge on any atom is 0.175 e. The molecule has 27 heavy (non-hydrogen) atoms. The Morgan fingerprint density at radius 3 is 2.41 bits per heavy atom. The molecule has 0 aliphatic heterocycles. The van der Waals surface area contributed by atoms with Crippen molar-refractivity contribution in [1.29, 1.82) is 0 Å². The molecule has 0 aromatic heterocycles. The summed E-state index contributed by atoms with van der Waals surface area (Å²) >= 11 is 0. The number of aliphatic hydroxyl groups is 1. The lowest BCUT2D eigenvalue weighted by Crippen LogP contribution is -2.38. The third-order valence-electron chi connectivity index (χ3n) is 3.85.